The normalized spacial score (nSPS) is 15.4. The van der Waals surface area contributed by atoms with E-state index in [4.69, 9.17) is 9.72 Å². The van der Waals surface area contributed by atoms with Crippen LogP contribution in [0.25, 0.3) is 21.5 Å². The molecule has 0 saturated heterocycles. The molecule has 0 aliphatic heterocycles. The highest BCUT2D eigenvalue weighted by Gasteiger charge is 2.20. The molecule has 1 N–H and O–H groups in total. The minimum atomic E-state index is 0.314. The van der Waals surface area contributed by atoms with Crippen molar-refractivity contribution in [2.75, 3.05) is 5.32 Å². The fraction of sp³-hybridized carbons (Fsp3) is 0.192. The predicted molar refractivity (Wildman–Crippen MR) is 132 cm³/mol. The van der Waals surface area contributed by atoms with Crippen LogP contribution in [-0.4, -0.2) is 19.7 Å². The number of ether oxygens (including phenoxy) is 1. The minimum Gasteiger partial charge on any atom is -0.457 e. The van der Waals surface area contributed by atoms with Gasteiger partial charge in [-0.05, 0) is 48.6 Å². The first-order chi connectivity index (χ1) is 16.2. The number of benzene rings is 2. The van der Waals surface area contributed by atoms with Crippen LogP contribution in [0.2, 0.25) is 0 Å². The van der Waals surface area contributed by atoms with Gasteiger partial charge >= 0.3 is 0 Å². The molecule has 0 radical (unpaired) electrons. The Bertz CT molecular complexity index is 1440. The molecule has 1 aliphatic carbocycles. The number of nitrogens with one attached hydrogen (secondary N) is 1. The van der Waals surface area contributed by atoms with Crippen LogP contribution >= 0.6 is 11.3 Å². The lowest BCUT2D eigenvalue weighted by molar-refractivity contribution is 0.483. The van der Waals surface area contributed by atoms with Crippen molar-refractivity contribution >= 4 is 26.7 Å². The summed E-state index contributed by atoms with van der Waals surface area (Å²) in [5.41, 5.74) is 5.61. The predicted octanol–water partition coefficient (Wildman–Crippen LogP) is 6.37. The first-order valence-electron chi connectivity index (χ1n) is 11.1. The molecule has 3 heterocycles. The third-order valence-corrected chi connectivity index (χ3v) is 6.94. The van der Waals surface area contributed by atoms with Crippen LogP contribution in [0.5, 0.6) is 11.5 Å². The van der Waals surface area contributed by atoms with Crippen LogP contribution in [0, 0.1) is 0 Å². The summed E-state index contributed by atoms with van der Waals surface area (Å²) in [4.78, 5) is 9.26. The number of hydrogen-bond donors (Lipinski definition) is 1. The zero-order valence-electron chi connectivity index (χ0n) is 18.2. The first kappa shape index (κ1) is 19.9. The number of aromatic nitrogens is 4. The second kappa shape index (κ2) is 8.33. The van der Waals surface area contributed by atoms with Crippen molar-refractivity contribution in [1.82, 2.24) is 19.7 Å². The maximum absolute atomic E-state index is 6.15. The van der Waals surface area contributed by atoms with Gasteiger partial charge in [0.05, 0.1) is 28.1 Å². The summed E-state index contributed by atoms with van der Waals surface area (Å²) in [5, 5.41) is 8.85. The van der Waals surface area contributed by atoms with Crippen LogP contribution in [0.1, 0.15) is 30.0 Å². The highest BCUT2D eigenvalue weighted by atomic mass is 32.1. The average molecular weight is 454 g/mol. The Morgan fingerprint density at radius 3 is 2.91 bits per heavy atom. The Morgan fingerprint density at radius 2 is 2.00 bits per heavy atom. The van der Waals surface area contributed by atoms with Gasteiger partial charge < -0.3 is 10.1 Å². The van der Waals surface area contributed by atoms with Crippen molar-refractivity contribution < 1.29 is 4.74 Å². The lowest BCUT2D eigenvalue weighted by Gasteiger charge is -2.26. The van der Waals surface area contributed by atoms with Gasteiger partial charge in [-0.3, -0.25) is 9.67 Å². The zero-order valence-corrected chi connectivity index (χ0v) is 19.0. The summed E-state index contributed by atoms with van der Waals surface area (Å²) in [7, 11) is 1.89. The van der Waals surface area contributed by atoms with Gasteiger partial charge in [-0.25, -0.2) is 4.98 Å². The number of fused-ring (bicyclic) bond motifs is 2. The van der Waals surface area contributed by atoms with E-state index in [1.165, 1.54) is 17.5 Å². The molecular weight excluding hydrogens is 430 g/mol. The monoisotopic (exact) mass is 453 g/mol. The maximum Gasteiger partial charge on any atom is 0.184 e. The topological polar surface area (TPSA) is 64.9 Å². The Hall–Kier alpha value is -3.71. The Morgan fingerprint density at radius 1 is 1.09 bits per heavy atom. The van der Waals surface area contributed by atoms with Crippen molar-refractivity contribution in [3.8, 4) is 22.8 Å². The van der Waals surface area contributed by atoms with E-state index in [1.807, 2.05) is 37.5 Å². The summed E-state index contributed by atoms with van der Waals surface area (Å²) >= 11 is 1.67. The Balaban J connectivity index is 1.22. The molecule has 2 aromatic carbocycles. The molecule has 0 fully saturated rings. The van der Waals surface area contributed by atoms with Gasteiger partial charge in [-0.1, -0.05) is 35.6 Å². The van der Waals surface area contributed by atoms with Crippen molar-refractivity contribution in [2.45, 2.75) is 25.3 Å². The number of nitrogens with zero attached hydrogens (tertiary/aromatic N) is 4. The van der Waals surface area contributed by atoms with Crippen LogP contribution in [0.3, 0.4) is 0 Å². The van der Waals surface area contributed by atoms with Crippen molar-refractivity contribution in [3.63, 3.8) is 0 Å². The fourth-order valence-corrected chi connectivity index (χ4v) is 5.35. The molecule has 33 heavy (non-hydrogen) atoms. The molecule has 0 bridgehead atoms. The summed E-state index contributed by atoms with van der Waals surface area (Å²) < 4.78 is 9.01. The van der Waals surface area contributed by atoms with Crippen molar-refractivity contribution in [1.29, 1.82) is 0 Å². The molecule has 0 amide bonds. The smallest absolute Gasteiger partial charge is 0.184 e. The molecule has 1 aliphatic rings. The van der Waals surface area contributed by atoms with Crippen molar-refractivity contribution in [2.24, 2.45) is 7.05 Å². The SMILES string of the molecule is Cn1cc(-c2cc(Oc3ccc4nc(NC5CCCc6ccccc65)sc4c3)ccn2)cn1. The van der Waals surface area contributed by atoms with Gasteiger partial charge in [0.25, 0.3) is 0 Å². The molecule has 0 saturated carbocycles. The quantitative estimate of drug-likeness (QED) is 0.335. The summed E-state index contributed by atoms with van der Waals surface area (Å²) in [5.74, 6) is 1.52. The van der Waals surface area contributed by atoms with E-state index < -0.39 is 0 Å². The van der Waals surface area contributed by atoms with Gasteiger partial charge in [0.1, 0.15) is 11.5 Å². The second-order valence-corrected chi connectivity index (χ2v) is 9.35. The van der Waals surface area contributed by atoms with E-state index in [9.17, 15) is 0 Å². The molecule has 5 aromatic rings. The van der Waals surface area contributed by atoms with Crippen LogP contribution in [0.15, 0.2) is 73.2 Å². The fourth-order valence-electron chi connectivity index (χ4n) is 4.41. The largest absolute Gasteiger partial charge is 0.457 e. The van der Waals surface area contributed by atoms with Gasteiger partial charge in [0.15, 0.2) is 5.13 Å². The first-order valence-corrected chi connectivity index (χ1v) is 11.9. The third-order valence-electron chi connectivity index (χ3n) is 5.99. The number of rotatable bonds is 5. The molecule has 6 rings (SSSR count). The molecule has 164 valence electrons. The van der Waals surface area contributed by atoms with Gasteiger partial charge in [-0.2, -0.15) is 5.10 Å². The van der Waals surface area contributed by atoms with Crippen LogP contribution in [0.4, 0.5) is 5.13 Å². The second-order valence-electron chi connectivity index (χ2n) is 8.32. The van der Waals surface area contributed by atoms with E-state index in [0.717, 1.165) is 50.9 Å². The highest BCUT2D eigenvalue weighted by Crippen LogP contribution is 2.36. The molecule has 1 atom stereocenters. The molecule has 0 spiro atoms. The third kappa shape index (κ3) is 4.07. The summed E-state index contributed by atoms with van der Waals surface area (Å²) in [6.07, 6.45) is 8.98. The number of thiazole rings is 1. The maximum atomic E-state index is 6.15. The molecule has 7 heteroatoms. The summed E-state index contributed by atoms with van der Waals surface area (Å²) in [6, 6.07) is 18.9. The molecule has 1 unspecified atom stereocenters. The van der Waals surface area contributed by atoms with E-state index >= 15 is 0 Å². The molecular formula is C26H23N5OS. The Labute approximate surface area is 195 Å². The van der Waals surface area contributed by atoms with Gasteiger partial charge in [0, 0.05) is 37.1 Å². The lowest BCUT2D eigenvalue weighted by Crippen LogP contribution is -2.17. The standard InChI is InChI=1S/C26H23N5OS/c1-31-16-18(15-28-31)24-13-20(11-12-27-24)32-19-9-10-23-25(14-19)33-26(30-23)29-22-8-4-6-17-5-2-3-7-21(17)22/h2-3,5,7,9-16,22H,4,6,8H2,1H3,(H,29,30). The highest BCUT2D eigenvalue weighted by molar-refractivity contribution is 7.22. The molecule has 6 nitrogen and oxygen atoms in total. The number of anilines is 1. The number of aryl methyl sites for hydroxylation is 2. The van der Waals surface area contributed by atoms with Crippen molar-refractivity contribution in [3.05, 3.63) is 84.3 Å². The van der Waals surface area contributed by atoms with Crippen LogP contribution in [-0.2, 0) is 13.5 Å². The average Bonchev–Trinajstić information content (AvgIpc) is 3.45. The lowest BCUT2D eigenvalue weighted by atomic mass is 9.88. The Kier molecular flexibility index (Phi) is 5.03. The number of pyridine rings is 1. The number of hydrogen-bond acceptors (Lipinski definition) is 6. The van der Waals surface area contributed by atoms with Gasteiger partial charge in [0.2, 0.25) is 0 Å². The zero-order chi connectivity index (χ0) is 22.2. The van der Waals surface area contributed by atoms with E-state index in [2.05, 4.69) is 45.7 Å². The van der Waals surface area contributed by atoms with E-state index in [0.29, 0.717) is 6.04 Å². The van der Waals surface area contributed by atoms with Crippen LogP contribution < -0.4 is 10.1 Å². The van der Waals surface area contributed by atoms with E-state index in [-0.39, 0.29) is 0 Å². The molecule has 3 aromatic heterocycles. The van der Waals surface area contributed by atoms with Gasteiger partial charge in [-0.15, -0.1) is 0 Å². The minimum absolute atomic E-state index is 0.314. The summed E-state index contributed by atoms with van der Waals surface area (Å²) in [6.45, 7) is 0. The van der Waals surface area contributed by atoms with E-state index in [1.54, 1.807) is 28.4 Å².